The zero-order valence-corrected chi connectivity index (χ0v) is 24.1. The molecular formula is C30H40N8O4. The Bertz CT molecular complexity index is 1290. The molecule has 0 spiro atoms. The summed E-state index contributed by atoms with van der Waals surface area (Å²) in [5, 5.41) is 18.6. The molecule has 2 fully saturated rings. The first kappa shape index (κ1) is 30.0. The monoisotopic (exact) mass is 576 g/mol. The van der Waals surface area contributed by atoms with Gasteiger partial charge in [-0.05, 0) is 102 Å². The van der Waals surface area contributed by atoms with Gasteiger partial charge >= 0.3 is 0 Å². The summed E-state index contributed by atoms with van der Waals surface area (Å²) in [5.41, 5.74) is 13.3. The number of piperidine rings is 2. The molecule has 224 valence electrons. The second-order valence-corrected chi connectivity index (χ2v) is 11.7. The number of carbonyl (C=O) groups excluding carboxylic acids is 4. The highest BCUT2D eigenvalue weighted by molar-refractivity contribution is 6.29. The van der Waals surface area contributed by atoms with Crippen molar-refractivity contribution in [1.82, 2.24) is 21.3 Å². The lowest BCUT2D eigenvalue weighted by Crippen LogP contribution is -2.63. The summed E-state index contributed by atoms with van der Waals surface area (Å²) in [5.74, 6) is -1.25. The first-order valence-electron chi connectivity index (χ1n) is 14.5. The van der Waals surface area contributed by atoms with Crippen molar-refractivity contribution in [2.24, 2.45) is 11.5 Å². The van der Waals surface area contributed by atoms with Crippen molar-refractivity contribution in [3.63, 3.8) is 0 Å². The maximum atomic E-state index is 13.4. The lowest BCUT2D eigenvalue weighted by Gasteiger charge is -2.37. The molecule has 0 radical (unpaired) electrons. The largest absolute Gasteiger partial charge is 0.325 e. The number of amides is 2. The topological polar surface area (TPSA) is 192 Å². The van der Waals surface area contributed by atoms with Gasteiger partial charge in [-0.25, -0.2) is 0 Å². The highest BCUT2D eigenvalue weighted by Gasteiger charge is 2.33. The molecule has 12 heteroatoms. The van der Waals surface area contributed by atoms with Crippen LogP contribution in [0.4, 0.5) is 11.4 Å². The number of nitrogens with two attached hydrogens (primary N) is 2. The van der Waals surface area contributed by atoms with E-state index in [0.29, 0.717) is 37.1 Å². The predicted molar refractivity (Wildman–Crippen MR) is 160 cm³/mol. The van der Waals surface area contributed by atoms with Crippen molar-refractivity contribution >= 4 is 34.8 Å². The number of hydrogen-bond acceptors (Lipinski definition) is 10. The third-order valence-electron chi connectivity index (χ3n) is 8.34. The van der Waals surface area contributed by atoms with Gasteiger partial charge in [0.15, 0.2) is 11.6 Å². The van der Waals surface area contributed by atoms with Crippen LogP contribution in [0, 0.1) is 0 Å². The van der Waals surface area contributed by atoms with E-state index >= 15 is 0 Å². The number of fused-ring (bicyclic) bond motifs is 2. The second-order valence-electron chi connectivity index (χ2n) is 11.7. The highest BCUT2D eigenvalue weighted by atomic mass is 16.2. The molecule has 0 unspecified atom stereocenters. The number of rotatable bonds is 8. The van der Waals surface area contributed by atoms with Gasteiger partial charge in [-0.3, -0.25) is 29.8 Å². The Morgan fingerprint density at radius 1 is 0.667 bits per heavy atom. The Hall–Kier alpha value is -3.52. The van der Waals surface area contributed by atoms with Crippen molar-refractivity contribution in [2.75, 3.05) is 36.8 Å². The number of nitrogens with one attached hydrogen (secondary N) is 6. The van der Waals surface area contributed by atoms with Crippen LogP contribution in [0.3, 0.4) is 0 Å². The number of anilines is 2. The van der Waals surface area contributed by atoms with Crippen LogP contribution in [-0.2, 0) is 9.59 Å². The van der Waals surface area contributed by atoms with E-state index in [0.717, 1.165) is 26.2 Å². The summed E-state index contributed by atoms with van der Waals surface area (Å²) in [6.07, 6.45) is 2.81. The van der Waals surface area contributed by atoms with Crippen molar-refractivity contribution in [1.29, 1.82) is 0 Å². The Labute approximate surface area is 245 Å². The molecule has 2 saturated heterocycles. The molecule has 2 heterocycles. The zero-order valence-electron chi connectivity index (χ0n) is 24.1. The second kappa shape index (κ2) is 12.0. The average Bonchev–Trinajstić information content (AvgIpc) is 2.96. The van der Waals surface area contributed by atoms with Crippen LogP contribution >= 0.6 is 0 Å². The van der Waals surface area contributed by atoms with Crippen LogP contribution in [-0.4, -0.2) is 73.0 Å². The van der Waals surface area contributed by atoms with Gasteiger partial charge < -0.3 is 32.7 Å². The van der Waals surface area contributed by atoms with Gasteiger partial charge in [0.05, 0.1) is 23.4 Å². The number of carbonyl (C=O) groups is 4. The highest BCUT2D eigenvalue weighted by Crippen LogP contribution is 2.31. The van der Waals surface area contributed by atoms with Gasteiger partial charge in [-0.2, -0.15) is 0 Å². The van der Waals surface area contributed by atoms with Crippen LogP contribution in [0.1, 0.15) is 71.4 Å². The quantitative estimate of drug-likeness (QED) is 0.174. The molecule has 10 N–H and O–H groups in total. The fourth-order valence-corrected chi connectivity index (χ4v) is 5.83. The zero-order chi connectivity index (χ0) is 30.1. The summed E-state index contributed by atoms with van der Waals surface area (Å²) < 4.78 is 0. The van der Waals surface area contributed by atoms with Crippen molar-refractivity contribution < 1.29 is 19.2 Å². The summed E-state index contributed by atoms with van der Waals surface area (Å²) in [4.78, 5) is 52.6. The molecule has 12 nitrogen and oxygen atoms in total. The Morgan fingerprint density at radius 3 is 1.38 bits per heavy atom. The van der Waals surface area contributed by atoms with Crippen LogP contribution in [0.25, 0.3) is 0 Å². The minimum absolute atomic E-state index is 0.212. The van der Waals surface area contributed by atoms with Gasteiger partial charge in [0.25, 0.3) is 0 Å². The van der Waals surface area contributed by atoms with E-state index < -0.39 is 23.4 Å². The molecule has 42 heavy (non-hydrogen) atoms. The molecule has 2 atom stereocenters. The van der Waals surface area contributed by atoms with Gasteiger partial charge in [-0.15, -0.1) is 0 Å². The minimum Gasteiger partial charge on any atom is -0.325 e. The van der Waals surface area contributed by atoms with Crippen LogP contribution in [0.15, 0.2) is 36.4 Å². The normalized spacial score (nSPS) is 20.6. The van der Waals surface area contributed by atoms with Crippen LogP contribution < -0.4 is 43.4 Å². The Kier molecular flexibility index (Phi) is 8.56. The standard InChI is InChI=1S/C30H40N8O4/c1-17(37-29(31)7-11-33-12-8-29)27(41)35-19-3-5-21-23(15-19)25(39)22-6-4-20(16-24(22)26(21)40)36-28(42)18(2)38-30(32)9-13-34-14-10-30/h3-6,15-18,33-34,37-38H,7-14,31-32H2,1-2H3,(H,35,41)(H,36,42)/t17-,18-/m0/s1. The lowest BCUT2D eigenvalue weighted by molar-refractivity contribution is -0.119. The minimum atomic E-state index is -0.628. The van der Waals surface area contributed by atoms with Gasteiger partial charge in [0.1, 0.15) is 0 Å². The van der Waals surface area contributed by atoms with E-state index in [1.54, 1.807) is 38.1 Å². The third-order valence-corrected chi connectivity index (χ3v) is 8.34. The van der Waals surface area contributed by atoms with Gasteiger partial charge in [0, 0.05) is 33.6 Å². The van der Waals surface area contributed by atoms with E-state index in [1.165, 1.54) is 12.1 Å². The van der Waals surface area contributed by atoms with Crippen molar-refractivity contribution in [2.45, 2.75) is 62.9 Å². The van der Waals surface area contributed by atoms with E-state index in [-0.39, 0.29) is 45.6 Å². The summed E-state index contributed by atoms with van der Waals surface area (Å²) in [6, 6.07) is 8.21. The predicted octanol–water partition coefficient (Wildman–Crippen LogP) is 0.372. The summed E-state index contributed by atoms with van der Waals surface area (Å²) >= 11 is 0. The molecule has 5 rings (SSSR count). The molecule has 0 saturated carbocycles. The van der Waals surface area contributed by atoms with E-state index in [1.807, 2.05) is 0 Å². The van der Waals surface area contributed by atoms with E-state index in [4.69, 9.17) is 11.5 Å². The molecule has 0 bridgehead atoms. The molecule has 2 amide bonds. The lowest BCUT2D eigenvalue weighted by atomic mass is 9.83. The smallest absolute Gasteiger partial charge is 0.241 e. The first-order valence-corrected chi connectivity index (χ1v) is 14.5. The molecule has 2 aliphatic heterocycles. The maximum Gasteiger partial charge on any atom is 0.241 e. The first-order chi connectivity index (χ1) is 20.0. The molecule has 2 aromatic rings. The van der Waals surface area contributed by atoms with Crippen molar-refractivity contribution in [3.05, 3.63) is 58.7 Å². The number of hydrogen-bond donors (Lipinski definition) is 8. The summed E-state index contributed by atoms with van der Waals surface area (Å²) in [6.45, 7) is 6.58. The third kappa shape index (κ3) is 6.43. The average molecular weight is 577 g/mol. The van der Waals surface area contributed by atoms with Crippen molar-refractivity contribution in [3.8, 4) is 0 Å². The summed E-state index contributed by atoms with van der Waals surface area (Å²) in [7, 11) is 0. The van der Waals surface area contributed by atoms with Crippen LogP contribution in [0.2, 0.25) is 0 Å². The SMILES string of the molecule is C[C@H](NC1(N)CCNCC1)C(=O)Nc1ccc2c(c1)C(=O)c1ccc(NC(=O)[C@H](C)NC3(N)CCNCC3)cc1C2=O. The van der Waals surface area contributed by atoms with Crippen LogP contribution in [0.5, 0.6) is 0 Å². The fourth-order valence-electron chi connectivity index (χ4n) is 5.83. The van der Waals surface area contributed by atoms with E-state index in [2.05, 4.69) is 31.9 Å². The molecule has 2 aromatic carbocycles. The molecule has 3 aliphatic rings. The Balaban J connectivity index is 1.26. The maximum absolute atomic E-state index is 13.4. The number of benzene rings is 2. The fraction of sp³-hybridized carbons (Fsp3) is 0.467. The van der Waals surface area contributed by atoms with Gasteiger partial charge in [0.2, 0.25) is 11.8 Å². The molecular weight excluding hydrogens is 536 g/mol. The number of ketones is 2. The Morgan fingerprint density at radius 2 is 1.02 bits per heavy atom. The van der Waals surface area contributed by atoms with Gasteiger partial charge in [-0.1, -0.05) is 0 Å². The molecule has 0 aromatic heterocycles. The van der Waals surface area contributed by atoms with E-state index in [9.17, 15) is 19.2 Å². The molecule has 1 aliphatic carbocycles.